The molecule has 1 N–H and O–H groups in total. The third-order valence-electron chi connectivity index (χ3n) is 5.38. The molecule has 27 heavy (non-hydrogen) atoms. The summed E-state index contributed by atoms with van der Waals surface area (Å²) in [6.45, 7) is 0.689. The second kappa shape index (κ2) is 7.35. The van der Waals surface area contributed by atoms with Gasteiger partial charge in [0.15, 0.2) is 0 Å². The molecular weight excluding hydrogens is 341 g/mol. The van der Waals surface area contributed by atoms with E-state index in [9.17, 15) is 9.18 Å². The fourth-order valence-corrected chi connectivity index (χ4v) is 3.94. The number of halogens is 1. The molecule has 0 saturated heterocycles. The Labute approximate surface area is 158 Å². The molecule has 1 heterocycles. The lowest BCUT2D eigenvalue weighted by atomic mass is 9.78. The van der Waals surface area contributed by atoms with Crippen LogP contribution < -0.4 is 5.32 Å². The molecule has 4 nitrogen and oxygen atoms in total. The molecule has 0 bridgehead atoms. The summed E-state index contributed by atoms with van der Waals surface area (Å²) in [5.41, 5.74) is 1.99. The van der Waals surface area contributed by atoms with Crippen LogP contribution in [0.5, 0.6) is 0 Å². The van der Waals surface area contributed by atoms with Crippen molar-refractivity contribution in [2.45, 2.75) is 37.6 Å². The highest BCUT2D eigenvalue weighted by Gasteiger charge is 2.42. The van der Waals surface area contributed by atoms with Crippen LogP contribution in [-0.2, 0) is 16.8 Å². The van der Waals surface area contributed by atoms with Gasteiger partial charge in [0.2, 0.25) is 5.91 Å². The van der Waals surface area contributed by atoms with Gasteiger partial charge in [-0.2, -0.15) is 5.10 Å². The largest absolute Gasteiger partial charge is 0.325 e. The Kier molecular flexibility index (Phi) is 4.75. The van der Waals surface area contributed by atoms with E-state index in [1.165, 1.54) is 12.1 Å². The molecular formula is C22H22FN3O. The molecule has 1 saturated carbocycles. The van der Waals surface area contributed by atoms with Gasteiger partial charge in [-0.05, 0) is 54.3 Å². The Morgan fingerprint density at radius 2 is 1.89 bits per heavy atom. The first kappa shape index (κ1) is 17.5. The Morgan fingerprint density at radius 1 is 1.11 bits per heavy atom. The molecule has 0 spiro atoms. The third kappa shape index (κ3) is 3.63. The maximum absolute atomic E-state index is 13.7. The van der Waals surface area contributed by atoms with E-state index in [1.54, 1.807) is 12.3 Å². The Hall–Kier alpha value is -2.95. The summed E-state index contributed by atoms with van der Waals surface area (Å²) < 4.78 is 15.6. The number of aromatic nitrogens is 2. The lowest BCUT2D eigenvalue weighted by Gasteiger charge is -2.28. The maximum Gasteiger partial charge on any atom is 0.235 e. The molecule has 138 valence electrons. The van der Waals surface area contributed by atoms with Gasteiger partial charge in [0.1, 0.15) is 5.82 Å². The molecule has 1 aliphatic carbocycles. The van der Waals surface area contributed by atoms with Crippen molar-refractivity contribution in [3.63, 3.8) is 0 Å². The number of hydrogen-bond acceptors (Lipinski definition) is 2. The van der Waals surface area contributed by atoms with Crippen molar-refractivity contribution < 1.29 is 9.18 Å². The van der Waals surface area contributed by atoms with E-state index in [1.807, 2.05) is 47.3 Å². The van der Waals surface area contributed by atoms with Gasteiger partial charge >= 0.3 is 0 Å². The van der Waals surface area contributed by atoms with Crippen molar-refractivity contribution >= 4 is 11.6 Å². The molecule has 1 aromatic heterocycles. The normalized spacial score (nSPS) is 15.6. The van der Waals surface area contributed by atoms with E-state index in [-0.39, 0.29) is 11.7 Å². The maximum atomic E-state index is 13.7. The molecule has 3 aromatic rings. The van der Waals surface area contributed by atoms with Gasteiger partial charge in [-0.3, -0.25) is 9.48 Å². The standard InChI is InChI=1S/C22H22FN3O/c23-19-6-3-5-18(15-19)22(11-1-2-12-22)21(27)25-20-9-7-17(8-10-20)16-26-14-4-13-24-26/h3-10,13-15H,1-2,11-12,16H2,(H,25,27). The van der Waals surface area contributed by atoms with Crippen molar-refractivity contribution in [3.05, 3.63) is 83.9 Å². The zero-order chi connectivity index (χ0) is 18.7. The molecule has 0 atom stereocenters. The summed E-state index contributed by atoms with van der Waals surface area (Å²) in [5, 5.41) is 7.25. The van der Waals surface area contributed by atoms with E-state index in [4.69, 9.17) is 0 Å². The van der Waals surface area contributed by atoms with Crippen LogP contribution in [0.15, 0.2) is 67.0 Å². The number of carbonyl (C=O) groups is 1. The van der Waals surface area contributed by atoms with Gasteiger partial charge in [0.25, 0.3) is 0 Å². The second-order valence-electron chi connectivity index (χ2n) is 7.15. The first-order valence-corrected chi connectivity index (χ1v) is 9.30. The Morgan fingerprint density at radius 3 is 2.56 bits per heavy atom. The van der Waals surface area contributed by atoms with Crippen LogP contribution in [0.3, 0.4) is 0 Å². The predicted octanol–water partition coefficient (Wildman–Crippen LogP) is 4.52. The molecule has 0 aliphatic heterocycles. The summed E-state index contributed by atoms with van der Waals surface area (Å²) in [7, 11) is 0. The monoisotopic (exact) mass is 363 g/mol. The Balaban J connectivity index is 1.51. The number of hydrogen-bond donors (Lipinski definition) is 1. The quantitative estimate of drug-likeness (QED) is 0.724. The molecule has 5 heteroatoms. The fourth-order valence-electron chi connectivity index (χ4n) is 3.94. The van der Waals surface area contributed by atoms with Crippen molar-refractivity contribution in [3.8, 4) is 0 Å². The number of anilines is 1. The van der Waals surface area contributed by atoms with E-state index in [0.29, 0.717) is 6.54 Å². The topological polar surface area (TPSA) is 46.9 Å². The van der Waals surface area contributed by atoms with E-state index < -0.39 is 5.41 Å². The number of nitrogens with zero attached hydrogens (tertiary/aromatic N) is 2. The van der Waals surface area contributed by atoms with Crippen LogP contribution in [0.4, 0.5) is 10.1 Å². The number of rotatable bonds is 5. The predicted molar refractivity (Wildman–Crippen MR) is 103 cm³/mol. The van der Waals surface area contributed by atoms with Crippen LogP contribution >= 0.6 is 0 Å². The van der Waals surface area contributed by atoms with Gasteiger partial charge in [-0.15, -0.1) is 0 Å². The number of carbonyl (C=O) groups excluding carboxylic acids is 1. The number of benzene rings is 2. The van der Waals surface area contributed by atoms with Crippen LogP contribution in [-0.4, -0.2) is 15.7 Å². The van der Waals surface area contributed by atoms with Gasteiger partial charge in [0.05, 0.1) is 12.0 Å². The fraction of sp³-hybridized carbons (Fsp3) is 0.273. The molecule has 4 rings (SSSR count). The average Bonchev–Trinajstić information content (AvgIpc) is 3.36. The minimum Gasteiger partial charge on any atom is -0.325 e. The van der Waals surface area contributed by atoms with Crippen LogP contribution in [0.25, 0.3) is 0 Å². The van der Waals surface area contributed by atoms with Gasteiger partial charge in [-0.25, -0.2) is 4.39 Å². The van der Waals surface area contributed by atoms with Crippen molar-refractivity contribution in [1.29, 1.82) is 0 Å². The zero-order valence-corrected chi connectivity index (χ0v) is 15.1. The summed E-state index contributed by atoms with van der Waals surface area (Å²) in [6, 6.07) is 16.1. The lowest BCUT2D eigenvalue weighted by Crippen LogP contribution is -2.38. The van der Waals surface area contributed by atoms with Crippen molar-refractivity contribution in [2.24, 2.45) is 0 Å². The third-order valence-corrected chi connectivity index (χ3v) is 5.38. The summed E-state index contributed by atoms with van der Waals surface area (Å²) in [4.78, 5) is 13.1. The van der Waals surface area contributed by atoms with Crippen molar-refractivity contribution in [2.75, 3.05) is 5.32 Å². The second-order valence-corrected chi connectivity index (χ2v) is 7.15. The smallest absolute Gasteiger partial charge is 0.235 e. The minimum atomic E-state index is -0.643. The molecule has 1 aliphatic rings. The molecule has 1 amide bonds. The van der Waals surface area contributed by atoms with Crippen LogP contribution in [0.1, 0.15) is 36.8 Å². The highest BCUT2D eigenvalue weighted by atomic mass is 19.1. The van der Waals surface area contributed by atoms with Crippen molar-refractivity contribution in [1.82, 2.24) is 9.78 Å². The molecule has 1 fully saturated rings. The number of amides is 1. The van der Waals surface area contributed by atoms with Gasteiger partial charge in [0, 0.05) is 18.1 Å². The highest BCUT2D eigenvalue weighted by Crippen LogP contribution is 2.42. The van der Waals surface area contributed by atoms with E-state index in [0.717, 1.165) is 42.5 Å². The highest BCUT2D eigenvalue weighted by molar-refractivity contribution is 5.99. The zero-order valence-electron chi connectivity index (χ0n) is 15.1. The van der Waals surface area contributed by atoms with E-state index >= 15 is 0 Å². The van der Waals surface area contributed by atoms with E-state index in [2.05, 4.69) is 10.4 Å². The molecule has 2 aromatic carbocycles. The minimum absolute atomic E-state index is 0.0505. The summed E-state index contributed by atoms with van der Waals surface area (Å²) in [6.07, 6.45) is 7.12. The average molecular weight is 363 g/mol. The van der Waals surface area contributed by atoms with Crippen LogP contribution in [0, 0.1) is 5.82 Å². The number of nitrogens with one attached hydrogen (secondary N) is 1. The lowest BCUT2D eigenvalue weighted by molar-refractivity contribution is -0.121. The molecule has 0 unspecified atom stereocenters. The van der Waals surface area contributed by atoms with Gasteiger partial charge < -0.3 is 5.32 Å². The SMILES string of the molecule is O=C(Nc1ccc(Cn2cccn2)cc1)C1(c2cccc(F)c2)CCCC1. The Bertz CT molecular complexity index is 913. The van der Waals surface area contributed by atoms with Crippen LogP contribution in [0.2, 0.25) is 0 Å². The summed E-state index contributed by atoms with van der Waals surface area (Å²) in [5.74, 6) is -0.347. The molecule has 0 radical (unpaired) electrons. The summed E-state index contributed by atoms with van der Waals surface area (Å²) >= 11 is 0. The van der Waals surface area contributed by atoms with Gasteiger partial charge in [-0.1, -0.05) is 37.1 Å². The first-order valence-electron chi connectivity index (χ1n) is 9.30. The first-order chi connectivity index (χ1) is 13.2.